The van der Waals surface area contributed by atoms with Crippen LogP contribution in [-0.4, -0.2) is 26.6 Å². The van der Waals surface area contributed by atoms with Gasteiger partial charge in [0.1, 0.15) is 6.04 Å². The number of hydrogen-bond acceptors (Lipinski definition) is 4. The van der Waals surface area contributed by atoms with Crippen LogP contribution in [0.1, 0.15) is 18.0 Å². The van der Waals surface area contributed by atoms with Gasteiger partial charge in [0.2, 0.25) is 11.9 Å². The molecule has 3 aromatic rings. The smallest absolute Gasteiger partial charge is 0.252 e. The van der Waals surface area contributed by atoms with Crippen molar-refractivity contribution in [3.63, 3.8) is 0 Å². The molecular formula is C19H16ClN5O2. The summed E-state index contributed by atoms with van der Waals surface area (Å²) >= 11 is 5.84. The van der Waals surface area contributed by atoms with Gasteiger partial charge in [-0.1, -0.05) is 41.4 Å². The summed E-state index contributed by atoms with van der Waals surface area (Å²) in [6, 6.07) is 13.8. The first-order chi connectivity index (χ1) is 13.0. The van der Waals surface area contributed by atoms with Gasteiger partial charge in [-0.25, -0.2) is 4.68 Å². The molecule has 1 aromatic heterocycles. The largest absolute Gasteiger partial charge is 0.326 e. The van der Waals surface area contributed by atoms with Crippen LogP contribution in [0.15, 0.2) is 48.5 Å². The Morgan fingerprint density at radius 2 is 1.89 bits per heavy atom. The van der Waals surface area contributed by atoms with Gasteiger partial charge in [-0.15, -0.1) is 5.10 Å². The van der Waals surface area contributed by atoms with Gasteiger partial charge in [0, 0.05) is 16.3 Å². The van der Waals surface area contributed by atoms with Crippen molar-refractivity contribution in [2.24, 2.45) is 0 Å². The van der Waals surface area contributed by atoms with Crippen molar-refractivity contribution in [2.75, 3.05) is 10.6 Å². The van der Waals surface area contributed by atoms with Crippen LogP contribution in [0.25, 0.3) is 11.4 Å². The molecule has 27 heavy (non-hydrogen) atoms. The van der Waals surface area contributed by atoms with Crippen molar-refractivity contribution in [1.29, 1.82) is 0 Å². The minimum atomic E-state index is -0.737. The molecule has 7 nitrogen and oxygen atoms in total. The van der Waals surface area contributed by atoms with Crippen LogP contribution in [0.5, 0.6) is 0 Å². The minimum Gasteiger partial charge on any atom is -0.326 e. The number of rotatable bonds is 4. The number of aryl methyl sites for hydroxylation is 1. The molecule has 1 aliphatic rings. The summed E-state index contributed by atoms with van der Waals surface area (Å²) in [7, 11) is 0. The van der Waals surface area contributed by atoms with Crippen LogP contribution in [-0.2, 0) is 9.59 Å². The molecule has 2 aromatic carbocycles. The van der Waals surface area contributed by atoms with Gasteiger partial charge >= 0.3 is 0 Å². The Kier molecular flexibility index (Phi) is 4.37. The highest BCUT2D eigenvalue weighted by Crippen LogP contribution is 2.28. The highest BCUT2D eigenvalue weighted by molar-refractivity contribution is 6.30. The first-order valence-electron chi connectivity index (χ1n) is 8.39. The predicted octanol–water partition coefficient (Wildman–Crippen LogP) is 3.43. The van der Waals surface area contributed by atoms with E-state index in [9.17, 15) is 9.59 Å². The molecule has 2 N–H and O–H groups in total. The SMILES string of the molecule is Cc1ccc(-c2nc3n(n2)C(CC(=O)Nc2ccc(Cl)cc2)C(=O)N3)cc1. The summed E-state index contributed by atoms with van der Waals surface area (Å²) in [5.41, 5.74) is 2.60. The Bertz CT molecular complexity index is 1010. The second kappa shape index (κ2) is 6.85. The van der Waals surface area contributed by atoms with E-state index in [2.05, 4.69) is 20.7 Å². The Labute approximate surface area is 160 Å². The van der Waals surface area contributed by atoms with Gasteiger partial charge in [-0.2, -0.15) is 4.98 Å². The number of nitrogens with zero attached hydrogens (tertiary/aromatic N) is 3. The number of hydrogen-bond donors (Lipinski definition) is 2. The van der Waals surface area contributed by atoms with Crippen molar-refractivity contribution in [3.8, 4) is 11.4 Å². The Morgan fingerprint density at radius 3 is 2.59 bits per heavy atom. The van der Waals surface area contributed by atoms with Gasteiger partial charge in [0.05, 0.1) is 6.42 Å². The lowest BCUT2D eigenvalue weighted by molar-refractivity contribution is -0.123. The van der Waals surface area contributed by atoms with Crippen molar-refractivity contribution in [3.05, 3.63) is 59.1 Å². The average molecular weight is 382 g/mol. The molecule has 136 valence electrons. The van der Waals surface area contributed by atoms with E-state index in [0.29, 0.717) is 22.5 Å². The normalized spacial score (nSPS) is 15.3. The number of carbonyl (C=O) groups excluding carboxylic acids is 2. The molecule has 1 aliphatic heterocycles. The molecule has 2 amide bonds. The van der Waals surface area contributed by atoms with Crippen molar-refractivity contribution in [1.82, 2.24) is 14.8 Å². The Hall–Kier alpha value is -3.19. The van der Waals surface area contributed by atoms with Crippen LogP contribution in [0, 0.1) is 6.92 Å². The summed E-state index contributed by atoms with van der Waals surface area (Å²) in [6.45, 7) is 2.00. The first kappa shape index (κ1) is 17.2. The van der Waals surface area contributed by atoms with Gasteiger partial charge in [0.15, 0.2) is 5.82 Å². The topological polar surface area (TPSA) is 88.9 Å². The van der Waals surface area contributed by atoms with E-state index in [1.165, 1.54) is 4.68 Å². The van der Waals surface area contributed by atoms with Crippen molar-refractivity contribution in [2.45, 2.75) is 19.4 Å². The Morgan fingerprint density at radius 1 is 1.19 bits per heavy atom. The molecular weight excluding hydrogens is 366 g/mol. The first-order valence-corrected chi connectivity index (χ1v) is 8.77. The number of aromatic nitrogens is 3. The molecule has 0 bridgehead atoms. The lowest BCUT2D eigenvalue weighted by Crippen LogP contribution is -2.23. The zero-order valence-corrected chi connectivity index (χ0v) is 15.2. The molecule has 0 aliphatic carbocycles. The maximum atomic E-state index is 12.3. The molecule has 8 heteroatoms. The third kappa shape index (κ3) is 3.54. The number of fused-ring (bicyclic) bond motifs is 1. The predicted molar refractivity (Wildman–Crippen MR) is 103 cm³/mol. The van der Waals surface area contributed by atoms with Crippen molar-refractivity contribution >= 4 is 35.1 Å². The fraction of sp³-hybridized carbons (Fsp3) is 0.158. The number of carbonyl (C=O) groups is 2. The molecule has 0 spiro atoms. The quantitative estimate of drug-likeness (QED) is 0.724. The van der Waals surface area contributed by atoms with Gasteiger partial charge in [0.25, 0.3) is 5.91 Å². The summed E-state index contributed by atoms with van der Waals surface area (Å²) in [5.74, 6) is 0.261. The van der Waals surface area contributed by atoms with E-state index in [1.54, 1.807) is 24.3 Å². The van der Waals surface area contributed by atoms with Crippen LogP contribution in [0.4, 0.5) is 11.6 Å². The van der Waals surface area contributed by atoms with Crippen LogP contribution in [0.3, 0.4) is 0 Å². The van der Waals surface area contributed by atoms with E-state index in [0.717, 1.165) is 11.1 Å². The molecule has 4 rings (SSSR count). The fourth-order valence-corrected chi connectivity index (χ4v) is 2.98. The number of anilines is 2. The fourth-order valence-electron chi connectivity index (χ4n) is 2.86. The lowest BCUT2D eigenvalue weighted by Gasteiger charge is -2.10. The summed E-state index contributed by atoms with van der Waals surface area (Å²) < 4.78 is 1.47. The summed E-state index contributed by atoms with van der Waals surface area (Å²) in [5, 5.41) is 10.4. The average Bonchev–Trinajstić information content (AvgIpc) is 3.17. The standard InChI is InChI=1S/C19H16ClN5O2/c1-11-2-4-12(5-3-11)17-22-19-23-18(27)15(25(19)24-17)10-16(26)21-14-8-6-13(20)7-9-14/h2-9,15H,10H2,1H3,(H,21,26)(H,22,23,24,27). The number of benzene rings is 2. The van der Waals surface area contributed by atoms with Gasteiger partial charge in [-0.05, 0) is 31.2 Å². The second-order valence-corrected chi connectivity index (χ2v) is 6.77. The second-order valence-electron chi connectivity index (χ2n) is 6.33. The number of halogens is 1. The molecule has 0 saturated carbocycles. The summed E-state index contributed by atoms with van der Waals surface area (Å²) in [4.78, 5) is 28.9. The lowest BCUT2D eigenvalue weighted by atomic mass is 10.1. The van der Waals surface area contributed by atoms with Gasteiger partial charge < -0.3 is 5.32 Å². The van der Waals surface area contributed by atoms with E-state index in [1.807, 2.05) is 31.2 Å². The highest BCUT2D eigenvalue weighted by atomic mass is 35.5. The van der Waals surface area contributed by atoms with Crippen molar-refractivity contribution < 1.29 is 9.59 Å². The monoisotopic (exact) mass is 381 g/mol. The maximum Gasteiger partial charge on any atom is 0.252 e. The zero-order chi connectivity index (χ0) is 19.0. The van der Waals surface area contributed by atoms with Crippen LogP contribution < -0.4 is 10.6 Å². The number of nitrogens with one attached hydrogen (secondary N) is 2. The third-order valence-corrected chi connectivity index (χ3v) is 4.53. The molecule has 0 saturated heterocycles. The van der Waals surface area contributed by atoms with E-state index < -0.39 is 6.04 Å². The van der Waals surface area contributed by atoms with Crippen LogP contribution in [0.2, 0.25) is 5.02 Å². The van der Waals surface area contributed by atoms with Crippen LogP contribution >= 0.6 is 11.6 Å². The molecule has 1 atom stereocenters. The van der Waals surface area contributed by atoms with E-state index in [4.69, 9.17) is 11.6 Å². The molecule has 2 heterocycles. The molecule has 0 radical (unpaired) electrons. The summed E-state index contributed by atoms with van der Waals surface area (Å²) in [6.07, 6.45) is -0.0435. The zero-order valence-electron chi connectivity index (χ0n) is 14.4. The third-order valence-electron chi connectivity index (χ3n) is 4.28. The molecule has 1 unspecified atom stereocenters. The number of amides is 2. The minimum absolute atomic E-state index is 0.0435. The molecule has 0 fully saturated rings. The van der Waals surface area contributed by atoms with E-state index in [-0.39, 0.29) is 18.2 Å². The van der Waals surface area contributed by atoms with E-state index >= 15 is 0 Å². The Balaban J connectivity index is 1.51. The van der Waals surface area contributed by atoms with Gasteiger partial charge in [-0.3, -0.25) is 14.9 Å². The maximum absolute atomic E-state index is 12.3. The highest BCUT2D eigenvalue weighted by Gasteiger charge is 2.35.